The third kappa shape index (κ3) is 11.5. The highest BCUT2D eigenvalue weighted by Crippen LogP contribution is 2.16. The van der Waals surface area contributed by atoms with E-state index in [-0.39, 0.29) is 11.5 Å². The molecular weight excluding hydrogens is 392 g/mol. The SMILES string of the molecule is Oc1ccc(OCCOCCOCCOCCOCCOc2ccc(O)cc2)cc1. The molecule has 8 heteroatoms. The van der Waals surface area contributed by atoms with Crippen molar-refractivity contribution in [2.75, 3.05) is 66.1 Å². The van der Waals surface area contributed by atoms with Crippen LogP contribution >= 0.6 is 0 Å². The van der Waals surface area contributed by atoms with Gasteiger partial charge in [0, 0.05) is 0 Å². The highest BCUT2D eigenvalue weighted by atomic mass is 16.6. The van der Waals surface area contributed by atoms with Crippen LogP contribution in [0.3, 0.4) is 0 Å². The largest absolute Gasteiger partial charge is 0.508 e. The maximum absolute atomic E-state index is 9.18. The maximum atomic E-state index is 9.18. The van der Waals surface area contributed by atoms with Crippen LogP contribution in [-0.4, -0.2) is 76.3 Å². The summed E-state index contributed by atoms with van der Waals surface area (Å²) in [6.07, 6.45) is 0. The molecule has 0 amide bonds. The normalized spacial score (nSPS) is 10.8. The molecule has 166 valence electrons. The van der Waals surface area contributed by atoms with E-state index in [9.17, 15) is 10.2 Å². The third-order valence-corrected chi connectivity index (χ3v) is 3.78. The van der Waals surface area contributed by atoms with Crippen molar-refractivity contribution in [2.45, 2.75) is 0 Å². The third-order valence-electron chi connectivity index (χ3n) is 3.78. The molecule has 0 atom stereocenters. The van der Waals surface area contributed by atoms with Crippen LogP contribution in [0.4, 0.5) is 0 Å². The van der Waals surface area contributed by atoms with Crippen molar-refractivity contribution in [1.82, 2.24) is 0 Å². The van der Waals surface area contributed by atoms with Gasteiger partial charge in [-0.15, -0.1) is 0 Å². The van der Waals surface area contributed by atoms with Crippen molar-refractivity contribution in [2.24, 2.45) is 0 Å². The summed E-state index contributed by atoms with van der Waals surface area (Å²) in [5.41, 5.74) is 0. The average Bonchev–Trinajstić information content (AvgIpc) is 2.76. The molecule has 30 heavy (non-hydrogen) atoms. The van der Waals surface area contributed by atoms with E-state index in [1.54, 1.807) is 48.5 Å². The molecule has 0 saturated heterocycles. The molecule has 8 nitrogen and oxygen atoms in total. The molecular formula is C22H30O8. The molecule has 2 rings (SSSR count). The molecule has 0 fully saturated rings. The van der Waals surface area contributed by atoms with E-state index in [0.717, 1.165) is 0 Å². The van der Waals surface area contributed by atoms with E-state index in [4.69, 9.17) is 28.4 Å². The molecule has 0 aliphatic carbocycles. The van der Waals surface area contributed by atoms with Gasteiger partial charge in [0.25, 0.3) is 0 Å². The Bertz CT molecular complexity index is 600. The Kier molecular flexibility index (Phi) is 12.1. The predicted octanol–water partition coefficient (Wildman–Crippen LogP) is 2.62. The molecule has 2 N–H and O–H groups in total. The number of ether oxygens (including phenoxy) is 6. The molecule has 0 saturated carbocycles. The number of phenolic OH excluding ortho intramolecular Hbond substituents is 2. The van der Waals surface area contributed by atoms with E-state index in [1.807, 2.05) is 0 Å². The van der Waals surface area contributed by atoms with E-state index in [1.165, 1.54) is 0 Å². The Hall–Kier alpha value is -2.52. The fourth-order valence-electron chi connectivity index (χ4n) is 2.28. The Labute approximate surface area is 176 Å². The quantitative estimate of drug-likeness (QED) is 0.376. The topological polar surface area (TPSA) is 95.8 Å². The molecule has 2 aromatic rings. The summed E-state index contributed by atoms with van der Waals surface area (Å²) in [6.45, 7) is 4.77. The molecule has 0 aliphatic heterocycles. The Morgan fingerprint density at radius 1 is 0.400 bits per heavy atom. The molecule has 0 radical (unpaired) electrons. The second kappa shape index (κ2) is 15.3. The molecule has 0 aliphatic rings. The van der Waals surface area contributed by atoms with Crippen molar-refractivity contribution in [1.29, 1.82) is 0 Å². The second-order valence-corrected chi connectivity index (χ2v) is 6.13. The lowest BCUT2D eigenvalue weighted by Crippen LogP contribution is -2.14. The summed E-state index contributed by atoms with van der Waals surface area (Å²) >= 11 is 0. The minimum atomic E-state index is 0.212. The Morgan fingerprint density at radius 2 is 0.667 bits per heavy atom. The highest BCUT2D eigenvalue weighted by Gasteiger charge is 1.97. The first-order valence-electron chi connectivity index (χ1n) is 9.88. The molecule has 0 heterocycles. The summed E-state index contributed by atoms with van der Waals surface area (Å²) < 4.78 is 32.6. The van der Waals surface area contributed by atoms with Crippen molar-refractivity contribution < 1.29 is 38.6 Å². The van der Waals surface area contributed by atoms with E-state index in [0.29, 0.717) is 77.6 Å². The van der Waals surface area contributed by atoms with Crippen LogP contribution in [0.5, 0.6) is 23.0 Å². The number of hydrogen-bond acceptors (Lipinski definition) is 8. The summed E-state index contributed by atoms with van der Waals surface area (Å²) in [6, 6.07) is 13.1. The zero-order valence-electron chi connectivity index (χ0n) is 17.0. The number of phenols is 2. The predicted molar refractivity (Wildman–Crippen MR) is 110 cm³/mol. The average molecular weight is 422 g/mol. The monoisotopic (exact) mass is 422 g/mol. The fraction of sp³-hybridized carbons (Fsp3) is 0.455. The van der Waals surface area contributed by atoms with Gasteiger partial charge >= 0.3 is 0 Å². The summed E-state index contributed by atoms with van der Waals surface area (Å²) in [4.78, 5) is 0. The van der Waals surface area contributed by atoms with Crippen molar-refractivity contribution in [3.8, 4) is 23.0 Å². The van der Waals surface area contributed by atoms with Gasteiger partial charge in [0.15, 0.2) is 0 Å². The van der Waals surface area contributed by atoms with E-state index >= 15 is 0 Å². The van der Waals surface area contributed by atoms with Crippen LogP contribution in [-0.2, 0) is 18.9 Å². The van der Waals surface area contributed by atoms with Gasteiger partial charge in [0.2, 0.25) is 0 Å². The molecule has 2 aromatic carbocycles. The van der Waals surface area contributed by atoms with Gasteiger partial charge in [0.05, 0.1) is 52.9 Å². The summed E-state index contributed by atoms with van der Waals surface area (Å²) in [5.74, 6) is 1.81. The zero-order chi connectivity index (χ0) is 21.3. The zero-order valence-corrected chi connectivity index (χ0v) is 17.0. The highest BCUT2D eigenvalue weighted by molar-refractivity contribution is 5.30. The molecule has 0 bridgehead atoms. The van der Waals surface area contributed by atoms with Gasteiger partial charge in [0.1, 0.15) is 36.2 Å². The minimum Gasteiger partial charge on any atom is -0.508 e. The number of aromatic hydroxyl groups is 2. The van der Waals surface area contributed by atoms with E-state index < -0.39 is 0 Å². The lowest BCUT2D eigenvalue weighted by atomic mass is 10.3. The van der Waals surface area contributed by atoms with Gasteiger partial charge in [-0.25, -0.2) is 0 Å². The second-order valence-electron chi connectivity index (χ2n) is 6.13. The first-order valence-corrected chi connectivity index (χ1v) is 9.88. The lowest BCUT2D eigenvalue weighted by Gasteiger charge is -2.09. The van der Waals surface area contributed by atoms with Crippen molar-refractivity contribution in [3.05, 3.63) is 48.5 Å². The molecule has 0 unspecified atom stereocenters. The number of hydrogen-bond donors (Lipinski definition) is 2. The summed E-state index contributed by atoms with van der Waals surface area (Å²) in [7, 11) is 0. The Balaban J connectivity index is 1.27. The fourth-order valence-corrected chi connectivity index (χ4v) is 2.28. The van der Waals surface area contributed by atoms with Gasteiger partial charge in [-0.1, -0.05) is 0 Å². The van der Waals surface area contributed by atoms with Crippen LogP contribution in [0, 0.1) is 0 Å². The van der Waals surface area contributed by atoms with E-state index in [2.05, 4.69) is 0 Å². The maximum Gasteiger partial charge on any atom is 0.119 e. The van der Waals surface area contributed by atoms with Crippen molar-refractivity contribution in [3.63, 3.8) is 0 Å². The lowest BCUT2D eigenvalue weighted by molar-refractivity contribution is -0.00699. The van der Waals surface area contributed by atoms with Crippen molar-refractivity contribution >= 4 is 0 Å². The minimum absolute atomic E-state index is 0.212. The van der Waals surface area contributed by atoms with Crippen LogP contribution in [0.25, 0.3) is 0 Å². The van der Waals surface area contributed by atoms with Crippen LogP contribution in [0.2, 0.25) is 0 Å². The number of rotatable bonds is 17. The Morgan fingerprint density at radius 3 is 0.967 bits per heavy atom. The van der Waals surface area contributed by atoms with Gasteiger partial charge < -0.3 is 38.6 Å². The smallest absolute Gasteiger partial charge is 0.119 e. The summed E-state index contributed by atoms with van der Waals surface area (Å²) in [5, 5.41) is 18.4. The first-order chi connectivity index (χ1) is 14.7. The standard InChI is InChI=1S/C22H30O8/c23-19-1-5-21(6-2-19)29-17-15-27-13-11-25-9-10-26-12-14-28-16-18-30-22-7-3-20(24)4-8-22/h1-8,23-24H,9-18H2. The van der Waals surface area contributed by atoms with Crippen LogP contribution < -0.4 is 9.47 Å². The van der Waals surface area contributed by atoms with Gasteiger partial charge in [-0.05, 0) is 48.5 Å². The van der Waals surface area contributed by atoms with Crippen LogP contribution in [0.1, 0.15) is 0 Å². The van der Waals surface area contributed by atoms with Gasteiger partial charge in [-0.2, -0.15) is 0 Å². The number of benzene rings is 2. The van der Waals surface area contributed by atoms with Gasteiger partial charge in [-0.3, -0.25) is 0 Å². The molecule has 0 spiro atoms. The first kappa shape index (κ1) is 23.8. The van der Waals surface area contributed by atoms with Crippen LogP contribution in [0.15, 0.2) is 48.5 Å². The molecule has 0 aromatic heterocycles.